The Morgan fingerprint density at radius 1 is 0.824 bits per heavy atom. The Hall–Kier alpha value is -1.96. The third-order valence-corrected chi connectivity index (χ3v) is 2.95. The van der Waals surface area contributed by atoms with E-state index in [4.69, 9.17) is 11.5 Å². The van der Waals surface area contributed by atoms with Crippen LogP contribution < -0.4 is 11.5 Å². The maximum atomic E-state index is 6.10. The van der Waals surface area contributed by atoms with Crippen molar-refractivity contribution in [3.8, 4) is 11.1 Å². The Morgan fingerprint density at radius 3 is 2.00 bits per heavy atom. The van der Waals surface area contributed by atoms with Crippen LogP contribution >= 0.6 is 0 Å². The number of hydrogen-bond donors (Lipinski definition) is 2. The molecule has 2 nitrogen and oxygen atoms in total. The number of rotatable bonds is 2. The van der Waals surface area contributed by atoms with Crippen LogP contribution in [-0.4, -0.2) is 0 Å². The fraction of sp³-hybridized carbons (Fsp3) is 0.200. The van der Waals surface area contributed by atoms with Gasteiger partial charge in [0, 0.05) is 16.9 Å². The summed E-state index contributed by atoms with van der Waals surface area (Å²) >= 11 is 0. The number of nitrogen functional groups attached to an aromatic ring is 2. The fourth-order valence-electron chi connectivity index (χ4n) is 2.20. The molecule has 0 aliphatic rings. The molecule has 0 atom stereocenters. The van der Waals surface area contributed by atoms with E-state index >= 15 is 0 Å². The van der Waals surface area contributed by atoms with Crippen LogP contribution in [-0.2, 0) is 0 Å². The Kier molecular flexibility index (Phi) is 3.05. The van der Waals surface area contributed by atoms with Crippen LogP contribution in [0.25, 0.3) is 11.1 Å². The predicted molar refractivity (Wildman–Crippen MR) is 74.8 cm³/mol. The van der Waals surface area contributed by atoms with E-state index in [1.165, 1.54) is 0 Å². The molecule has 0 saturated heterocycles. The van der Waals surface area contributed by atoms with Gasteiger partial charge in [-0.3, -0.25) is 0 Å². The fourth-order valence-corrected chi connectivity index (χ4v) is 2.20. The molecule has 0 radical (unpaired) electrons. The van der Waals surface area contributed by atoms with Gasteiger partial charge in [0.15, 0.2) is 0 Å². The molecular weight excluding hydrogens is 208 g/mol. The van der Waals surface area contributed by atoms with E-state index in [9.17, 15) is 0 Å². The van der Waals surface area contributed by atoms with Gasteiger partial charge in [0.25, 0.3) is 0 Å². The maximum absolute atomic E-state index is 6.10. The molecule has 0 fully saturated rings. The summed E-state index contributed by atoms with van der Waals surface area (Å²) in [5.41, 5.74) is 17.1. The van der Waals surface area contributed by atoms with Crippen molar-refractivity contribution in [3.63, 3.8) is 0 Å². The van der Waals surface area contributed by atoms with Gasteiger partial charge in [0.2, 0.25) is 0 Å². The SMILES string of the molecule is CC(C)c1c(N)ccc(N)c1-c1ccccc1. The third-order valence-electron chi connectivity index (χ3n) is 2.95. The zero-order valence-corrected chi connectivity index (χ0v) is 10.3. The number of hydrogen-bond acceptors (Lipinski definition) is 2. The lowest BCUT2D eigenvalue weighted by Crippen LogP contribution is -2.02. The van der Waals surface area contributed by atoms with Crippen molar-refractivity contribution in [3.05, 3.63) is 48.0 Å². The van der Waals surface area contributed by atoms with Crippen LogP contribution in [0.5, 0.6) is 0 Å². The van der Waals surface area contributed by atoms with Crippen molar-refractivity contribution >= 4 is 11.4 Å². The Balaban J connectivity index is 2.72. The minimum atomic E-state index is 0.355. The summed E-state index contributed by atoms with van der Waals surface area (Å²) < 4.78 is 0. The van der Waals surface area contributed by atoms with Gasteiger partial charge in [-0.25, -0.2) is 0 Å². The Morgan fingerprint density at radius 2 is 1.41 bits per heavy atom. The van der Waals surface area contributed by atoms with E-state index in [0.717, 1.165) is 28.1 Å². The summed E-state index contributed by atoms with van der Waals surface area (Å²) in [6, 6.07) is 13.9. The smallest absolute Gasteiger partial charge is 0.0398 e. The van der Waals surface area contributed by atoms with Crippen molar-refractivity contribution < 1.29 is 0 Å². The van der Waals surface area contributed by atoms with E-state index in [1.54, 1.807) is 0 Å². The highest BCUT2D eigenvalue weighted by Gasteiger charge is 2.14. The van der Waals surface area contributed by atoms with Crippen LogP contribution in [0.4, 0.5) is 11.4 Å². The van der Waals surface area contributed by atoms with Crippen LogP contribution in [0.3, 0.4) is 0 Å². The van der Waals surface area contributed by atoms with Crippen molar-refractivity contribution in [2.45, 2.75) is 19.8 Å². The van der Waals surface area contributed by atoms with Gasteiger partial charge in [-0.1, -0.05) is 44.2 Å². The zero-order valence-electron chi connectivity index (χ0n) is 10.3. The summed E-state index contributed by atoms with van der Waals surface area (Å²) in [7, 11) is 0. The van der Waals surface area contributed by atoms with Gasteiger partial charge in [-0.2, -0.15) is 0 Å². The lowest BCUT2D eigenvalue weighted by Gasteiger charge is -2.18. The highest BCUT2D eigenvalue weighted by Crippen LogP contribution is 2.37. The molecule has 2 heteroatoms. The van der Waals surface area contributed by atoms with Crippen molar-refractivity contribution in [2.75, 3.05) is 11.5 Å². The average molecular weight is 226 g/mol. The van der Waals surface area contributed by atoms with E-state index < -0.39 is 0 Å². The number of nitrogens with two attached hydrogens (primary N) is 2. The van der Waals surface area contributed by atoms with Gasteiger partial charge in [-0.05, 0) is 29.2 Å². The normalized spacial score (nSPS) is 10.8. The molecule has 0 saturated carbocycles. The molecule has 2 aromatic carbocycles. The molecule has 17 heavy (non-hydrogen) atoms. The largest absolute Gasteiger partial charge is 0.398 e. The van der Waals surface area contributed by atoms with Crippen molar-refractivity contribution in [1.82, 2.24) is 0 Å². The van der Waals surface area contributed by atoms with E-state index in [0.29, 0.717) is 5.92 Å². The summed E-state index contributed by atoms with van der Waals surface area (Å²) in [5, 5.41) is 0. The third kappa shape index (κ3) is 2.11. The highest BCUT2D eigenvalue weighted by molar-refractivity contribution is 5.84. The molecule has 0 spiro atoms. The molecule has 4 N–H and O–H groups in total. The molecule has 0 aliphatic carbocycles. The summed E-state index contributed by atoms with van der Waals surface area (Å²) in [6.07, 6.45) is 0. The lowest BCUT2D eigenvalue weighted by molar-refractivity contribution is 0.873. The van der Waals surface area contributed by atoms with Crippen LogP contribution in [0.15, 0.2) is 42.5 Å². The molecule has 0 aromatic heterocycles. The van der Waals surface area contributed by atoms with E-state index in [1.807, 2.05) is 30.3 Å². The minimum absolute atomic E-state index is 0.355. The topological polar surface area (TPSA) is 52.0 Å². The Bertz CT molecular complexity index is 516. The average Bonchev–Trinajstić information content (AvgIpc) is 2.32. The first-order chi connectivity index (χ1) is 8.11. The lowest BCUT2D eigenvalue weighted by atomic mass is 9.90. The molecular formula is C15H18N2. The molecule has 0 bridgehead atoms. The molecule has 2 rings (SSSR count). The minimum Gasteiger partial charge on any atom is -0.398 e. The first-order valence-electron chi connectivity index (χ1n) is 5.84. The molecule has 0 aliphatic heterocycles. The second-order valence-corrected chi connectivity index (χ2v) is 4.55. The second-order valence-electron chi connectivity index (χ2n) is 4.55. The van der Waals surface area contributed by atoms with Crippen LogP contribution in [0.1, 0.15) is 25.3 Å². The van der Waals surface area contributed by atoms with Gasteiger partial charge < -0.3 is 11.5 Å². The maximum Gasteiger partial charge on any atom is 0.0398 e. The molecule has 88 valence electrons. The van der Waals surface area contributed by atoms with Gasteiger partial charge in [0.05, 0.1) is 0 Å². The summed E-state index contributed by atoms with van der Waals surface area (Å²) in [5.74, 6) is 0.355. The number of anilines is 2. The monoisotopic (exact) mass is 226 g/mol. The molecule has 2 aromatic rings. The molecule has 0 heterocycles. The first kappa shape index (κ1) is 11.5. The second kappa shape index (κ2) is 4.50. The van der Waals surface area contributed by atoms with Crippen LogP contribution in [0.2, 0.25) is 0 Å². The van der Waals surface area contributed by atoms with Gasteiger partial charge in [0.1, 0.15) is 0 Å². The standard InChI is InChI=1S/C15H18N2/c1-10(2)14-12(16)8-9-13(17)15(14)11-6-4-3-5-7-11/h3-10H,16-17H2,1-2H3. The number of benzene rings is 2. The molecule has 0 unspecified atom stereocenters. The quantitative estimate of drug-likeness (QED) is 0.768. The summed E-state index contributed by atoms with van der Waals surface area (Å²) in [6.45, 7) is 4.27. The predicted octanol–water partition coefficient (Wildman–Crippen LogP) is 3.64. The van der Waals surface area contributed by atoms with E-state index in [2.05, 4.69) is 26.0 Å². The van der Waals surface area contributed by atoms with Crippen molar-refractivity contribution in [1.29, 1.82) is 0 Å². The summed E-state index contributed by atoms with van der Waals surface area (Å²) in [4.78, 5) is 0. The Labute approximate surface area is 102 Å². The van der Waals surface area contributed by atoms with Crippen molar-refractivity contribution in [2.24, 2.45) is 0 Å². The first-order valence-corrected chi connectivity index (χ1v) is 5.84. The van der Waals surface area contributed by atoms with Gasteiger partial charge >= 0.3 is 0 Å². The van der Waals surface area contributed by atoms with Gasteiger partial charge in [-0.15, -0.1) is 0 Å². The molecule has 0 amide bonds. The zero-order chi connectivity index (χ0) is 12.4. The van der Waals surface area contributed by atoms with Crippen LogP contribution in [0, 0.1) is 0 Å². The van der Waals surface area contributed by atoms with E-state index in [-0.39, 0.29) is 0 Å². The highest BCUT2D eigenvalue weighted by atomic mass is 14.6.